The van der Waals surface area contributed by atoms with Gasteiger partial charge in [-0.25, -0.2) is 4.79 Å². The first-order valence-electron chi connectivity index (χ1n) is 9.46. The number of imide groups is 1. The van der Waals surface area contributed by atoms with Crippen molar-refractivity contribution in [2.45, 2.75) is 25.4 Å². The van der Waals surface area contributed by atoms with Crippen LogP contribution in [0.25, 0.3) is 0 Å². The molecule has 2 aliphatic rings. The molecule has 0 spiro atoms. The third-order valence-corrected chi connectivity index (χ3v) is 5.10. The molecule has 0 N–H and O–H groups in total. The van der Waals surface area contributed by atoms with E-state index in [-0.39, 0.29) is 35.7 Å². The molecule has 4 rings (SSSR count). The summed E-state index contributed by atoms with van der Waals surface area (Å²) in [5.74, 6) is -1.21. The van der Waals surface area contributed by atoms with Crippen molar-refractivity contribution in [3.05, 3.63) is 70.8 Å². The lowest BCUT2D eigenvalue weighted by Gasteiger charge is -2.13. The van der Waals surface area contributed by atoms with Gasteiger partial charge in [0.2, 0.25) is 0 Å². The molecule has 28 heavy (non-hydrogen) atoms. The predicted octanol–water partition coefficient (Wildman–Crippen LogP) is 2.86. The number of esters is 1. The first-order chi connectivity index (χ1) is 13.6. The Morgan fingerprint density at radius 1 is 1.07 bits per heavy atom. The van der Waals surface area contributed by atoms with Crippen LogP contribution in [0.3, 0.4) is 0 Å². The lowest BCUT2D eigenvalue weighted by molar-refractivity contribution is 0.0161. The monoisotopic (exact) mass is 379 g/mol. The van der Waals surface area contributed by atoms with Gasteiger partial charge in [0.25, 0.3) is 11.8 Å². The zero-order valence-electron chi connectivity index (χ0n) is 15.4. The zero-order valence-corrected chi connectivity index (χ0v) is 15.4. The molecule has 0 aliphatic carbocycles. The Labute approximate surface area is 163 Å². The smallest absolute Gasteiger partial charge is 0.338 e. The minimum absolute atomic E-state index is 0.0601. The maximum Gasteiger partial charge on any atom is 0.338 e. The van der Waals surface area contributed by atoms with Crippen LogP contribution in [-0.4, -0.2) is 48.5 Å². The molecular formula is C22H21NO5. The molecule has 2 heterocycles. The van der Waals surface area contributed by atoms with Crippen molar-refractivity contribution < 1.29 is 23.9 Å². The van der Waals surface area contributed by atoms with Gasteiger partial charge >= 0.3 is 5.97 Å². The second kappa shape index (κ2) is 7.94. The van der Waals surface area contributed by atoms with E-state index in [9.17, 15) is 14.4 Å². The summed E-state index contributed by atoms with van der Waals surface area (Å²) in [4.78, 5) is 38.8. The van der Waals surface area contributed by atoms with E-state index in [0.717, 1.165) is 18.4 Å². The van der Waals surface area contributed by atoms with Gasteiger partial charge in [-0.15, -0.1) is 0 Å². The van der Waals surface area contributed by atoms with Crippen molar-refractivity contribution in [3.8, 4) is 0 Å². The Hall–Kier alpha value is -2.99. The maximum absolute atomic E-state index is 12.7. The molecule has 2 aromatic carbocycles. The Morgan fingerprint density at radius 2 is 1.86 bits per heavy atom. The fraction of sp³-hybridized carbons (Fsp3) is 0.318. The molecule has 0 unspecified atom stereocenters. The van der Waals surface area contributed by atoms with Gasteiger partial charge in [0.1, 0.15) is 6.61 Å². The molecule has 0 aromatic heterocycles. The highest BCUT2D eigenvalue weighted by Crippen LogP contribution is 2.25. The Balaban J connectivity index is 1.43. The SMILES string of the molecule is O=C(OC[C@@H]1CCCO1)c1ccc2c(c1)C(=O)N(CCc1ccccc1)C2=O. The van der Waals surface area contributed by atoms with Crippen molar-refractivity contribution in [1.29, 1.82) is 0 Å². The van der Waals surface area contributed by atoms with E-state index in [1.54, 1.807) is 0 Å². The predicted molar refractivity (Wildman–Crippen MR) is 101 cm³/mol. The van der Waals surface area contributed by atoms with Gasteiger partial charge in [-0.05, 0) is 43.0 Å². The summed E-state index contributed by atoms with van der Waals surface area (Å²) >= 11 is 0. The Bertz CT molecular complexity index is 902. The van der Waals surface area contributed by atoms with Crippen molar-refractivity contribution in [2.75, 3.05) is 19.8 Å². The summed E-state index contributed by atoms with van der Waals surface area (Å²) in [6, 6.07) is 14.2. The van der Waals surface area contributed by atoms with E-state index in [0.29, 0.717) is 25.1 Å². The number of hydrogen-bond acceptors (Lipinski definition) is 5. The van der Waals surface area contributed by atoms with E-state index in [2.05, 4.69) is 0 Å². The number of ether oxygens (including phenoxy) is 2. The summed E-state index contributed by atoms with van der Waals surface area (Å²) in [7, 11) is 0. The fourth-order valence-electron chi connectivity index (χ4n) is 3.53. The highest BCUT2D eigenvalue weighted by atomic mass is 16.6. The number of benzene rings is 2. The molecule has 1 fully saturated rings. The number of carbonyl (C=O) groups is 3. The van der Waals surface area contributed by atoms with Crippen LogP contribution in [0, 0.1) is 0 Å². The standard InChI is InChI=1S/C22H21NO5/c24-20-18-9-8-16(22(26)28-14-17-7-4-12-27-17)13-19(18)21(25)23(20)11-10-15-5-2-1-3-6-15/h1-3,5-6,8-9,13,17H,4,7,10-12,14H2/t17-/m0/s1. The van der Waals surface area contributed by atoms with Gasteiger partial charge in [0, 0.05) is 13.2 Å². The van der Waals surface area contributed by atoms with Crippen LogP contribution in [0.1, 0.15) is 49.5 Å². The van der Waals surface area contributed by atoms with Crippen LogP contribution in [0.5, 0.6) is 0 Å². The van der Waals surface area contributed by atoms with E-state index < -0.39 is 5.97 Å². The number of nitrogens with zero attached hydrogens (tertiary/aromatic N) is 1. The number of hydrogen-bond donors (Lipinski definition) is 0. The Morgan fingerprint density at radius 3 is 2.61 bits per heavy atom. The second-order valence-corrected chi connectivity index (χ2v) is 6.99. The zero-order chi connectivity index (χ0) is 19.5. The van der Waals surface area contributed by atoms with E-state index in [4.69, 9.17) is 9.47 Å². The largest absolute Gasteiger partial charge is 0.459 e. The third kappa shape index (κ3) is 3.68. The van der Waals surface area contributed by atoms with E-state index >= 15 is 0 Å². The van der Waals surface area contributed by atoms with Crippen LogP contribution in [0.15, 0.2) is 48.5 Å². The molecular weight excluding hydrogens is 358 g/mol. The average Bonchev–Trinajstić information content (AvgIpc) is 3.33. The number of fused-ring (bicyclic) bond motifs is 1. The summed E-state index contributed by atoms with van der Waals surface area (Å²) in [6.45, 7) is 1.19. The van der Waals surface area contributed by atoms with Gasteiger partial charge in [0.15, 0.2) is 0 Å². The molecule has 1 saturated heterocycles. The topological polar surface area (TPSA) is 72.9 Å². The summed E-state index contributed by atoms with van der Waals surface area (Å²) < 4.78 is 10.7. The summed E-state index contributed by atoms with van der Waals surface area (Å²) in [6.07, 6.45) is 2.37. The molecule has 0 saturated carbocycles. The second-order valence-electron chi connectivity index (χ2n) is 6.99. The highest BCUT2D eigenvalue weighted by molar-refractivity contribution is 6.21. The summed E-state index contributed by atoms with van der Waals surface area (Å²) in [5, 5.41) is 0. The van der Waals surface area contributed by atoms with Crippen LogP contribution in [-0.2, 0) is 15.9 Å². The molecule has 0 radical (unpaired) electrons. The molecule has 2 amide bonds. The van der Waals surface area contributed by atoms with E-state index in [1.807, 2.05) is 30.3 Å². The van der Waals surface area contributed by atoms with Crippen molar-refractivity contribution in [2.24, 2.45) is 0 Å². The lowest BCUT2D eigenvalue weighted by atomic mass is 10.1. The van der Waals surface area contributed by atoms with Crippen LogP contribution in [0.2, 0.25) is 0 Å². The molecule has 6 nitrogen and oxygen atoms in total. The van der Waals surface area contributed by atoms with Gasteiger partial charge in [-0.3, -0.25) is 14.5 Å². The van der Waals surface area contributed by atoms with Gasteiger partial charge in [-0.2, -0.15) is 0 Å². The molecule has 6 heteroatoms. The minimum Gasteiger partial charge on any atom is -0.459 e. The maximum atomic E-state index is 12.7. The Kier molecular flexibility index (Phi) is 5.21. The molecule has 144 valence electrons. The number of amides is 2. The van der Waals surface area contributed by atoms with Crippen LogP contribution in [0.4, 0.5) is 0 Å². The fourth-order valence-corrected chi connectivity index (χ4v) is 3.53. The molecule has 2 aromatic rings. The first kappa shape index (κ1) is 18.4. The van der Waals surface area contributed by atoms with Gasteiger partial charge in [0.05, 0.1) is 22.8 Å². The van der Waals surface area contributed by atoms with Crippen molar-refractivity contribution >= 4 is 17.8 Å². The van der Waals surface area contributed by atoms with Gasteiger partial charge in [-0.1, -0.05) is 30.3 Å². The highest BCUT2D eigenvalue weighted by Gasteiger charge is 2.35. The lowest BCUT2D eigenvalue weighted by Crippen LogP contribution is -2.31. The number of rotatable bonds is 6. The third-order valence-electron chi connectivity index (χ3n) is 5.10. The minimum atomic E-state index is -0.513. The van der Waals surface area contributed by atoms with Gasteiger partial charge < -0.3 is 9.47 Å². The first-order valence-corrected chi connectivity index (χ1v) is 9.46. The summed E-state index contributed by atoms with van der Waals surface area (Å²) in [5.41, 5.74) is 1.90. The quantitative estimate of drug-likeness (QED) is 0.570. The van der Waals surface area contributed by atoms with Crippen molar-refractivity contribution in [1.82, 2.24) is 4.90 Å². The number of carbonyl (C=O) groups excluding carboxylic acids is 3. The normalized spacial score (nSPS) is 18.4. The van der Waals surface area contributed by atoms with Crippen LogP contribution >= 0.6 is 0 Å². The average molecular weight is 379 g/mol. The van der Waals surface area contributed by atoms with Crippen molar-refractivity contribution in [3.63, 3.8) is 0 Å². The molecule has 0 bridgehead atoms. The van der Waals surface area contributed by atoms with Crippen LogP contribution < -0.4 is 0 Å². The van der Waals surface area contributed by atoms with E-state index in [1.165, 1.54) is 23.1 Å². The molecule has 2 aliphatic heterocycles. The molecule has 1 atom stereocenters.